The van der Waals surface area contributed by atoms with Crippen LogP contribution in [0.15, 0.2) is 12.3 Å². The number of hydrogen-bond acceptors (Lipinski definition) is 3. The molecule has 0 radical (unpaired) electrons. The van der Waals surface area contributed by atoms with Gasteiger partial charge in [0.1, 0.15) is 11.7 Å². The summed E-state index contributed by atoms with van der Waals surface area (Å²) in [6.07, 6.45) is 1.75. The number of aromatic amines is 1. The minimum Gasteiger partial charge on any atom is -0.480 e. The Morgan fingerprint density at radius 2 is 2.06 bits per heavy atom. The first kappa shape index (κ1) is 14.0. The number of amides is 1. The summed E-state index contributed by atoms with van der Waals surface area (Å²) in [7, 11) is 1.43. The first-order valence-electron chi connectivity index (χ1n) is 5.57. The van der Waals surface area contributed by atoms with E-state index in [1.807, 2.05) is 0 Å². The predicted molar refractivity (Wildman–Crippen MR) is 64.6 cm³/mol. The Hall–Kier alpha value is -2.11. The number of carboxylic acids is 1. The molecule has 1 heterocycles. The number of carboxylic acid groups (broad SMARTS) is 1. The van der Waals surface area contributed by atoms with Gasteiger partial charge in [0.15, 0.2) is 5.78 Å². The van der Waals surface area contributed by atoms with E-state index in [-0.39, 0.29) is 11.5 Å². The second-order valence-corrected chi connectivity index (χ2v) is 4.04. The number of nitrogens with one attached hydrogen (secondary N) is 1. The standard InChI is InChI=1S/C12H16N2O4/c1-4-10(12(17)18)14(3)11(16)9-5-8(6-13-9)7(2)15/h5-6,10,13H,4H2,1-3H3,(H,17,18). The lowest BCUT2D eigenvalue weighted by Crippen LogP contribution is -2.42. The van der Waals surface area contributed by atoms with Crippen molar-refractivity contribution in [3.8, 4) is 0 Å². The summed E-state index contributed by atoms with van der Waals surface area (Å²) in [4.78, 5) is 37.9. The quantitative estimate of drug-likeness (QED) is 0.769. The lowest BCUT2D eigenvalue weighted by atomic mass is 10.2. The Labute approximate surface area is 105 Å². The molecule has 18 heavy (non-hydrogen) atoms. The Morgan fingerprint density at radius 3 is 2.44 bits per heavy atom. The highest BCUT2D eigenvalue weighted by Crippen LogP contribution is 2.10. The van der Waals surface area contributed by atoms with Gasteiger partial charge in [0.25, 0.3) is 5.91 Å². The van der Waals surface area contributed by atoms with E-state index in [4.69, 9.17) is 5.11 Å². The van der Waals surface area contributed by atoms with Gasteiger partial charge in [0, 0.05) is 18.8 Å². The Morgan fingerprint density at radius 1 is 1.44 bits per heavy atom. The number of nitrogens with zero attached hydrogens (tertiary/aromatic N) is 1. The fourth-order valence-corrected chi connectivity index (χ4v) is 1.67. The molecule has 0 aliphatic carbocycles. The van der Waals surface area contributed by atoms with Gasteiger partial charge < -0.3 is 15.0 Å². The number of Topliss-reactive ketones (excluding diaryl/α,β-unsaturated/α-hetero) is 1. The smallest absolute Gasteiger partial charge is 0.326 e. The van der Waals surface area contributed by atoms with E-state index >= 15 is 0 Å². The molecule has 0 fully saturated rings. The number of carbonyl (C=O) groups is 3. The minimum atomic E-state index is -1.05. The number of hydrogen-bond donors (Lipinski definition) is 2. The van der Waals surface area contributed by atoms with E-state index in [0.29, 0.717) is 12.0 Å². The number of H-pyrrole nitrogens is 1. The molecular weight excluding hydrogens is 236 g/mol. The molecular formula is C12H16N2O4. The van der Waals surface area contributed by atoms with E-state index in [2.05, 4.69) is 4.98 Å². The summed E-state index contributed by atoms with van der Waals surface area (Å²) in [5, 5.41) is 8.97. The van der Waals surface area contributed by atoms with Crippen LogP contribution >= 0.6 is 0 Å². The topological polar surface area (TPSA) is 90.5 Å². The molecule has 1 aromatic heterocycles. The van der Waals surface area contributed by atoms with Crippen molar-refractivity contribution in [3.63, 3.8) is 0 Å². The molecule has 0 spiro atoms. The first-order valence-corrected chi connectivity index (χ1v) is 5.57. The van der Waals surface area contributed by atoms with Gasteiger partial charge in [-0.1, -0.05) is 6.92 Å². The van der Waals surface area contributed by atoms with Crippen LogP contribution in [0.5, 0.6) is 0 Å². The number of ketones is 1. The van der Waals surface area contributed by atoms with Crippen LogP contribution in [0.1, 0.15) is 41.1 Å². The highest BCUT2D eigenvalue weighted by Gasteiger charge is 2.26. The van der Waals surface area contributed by atoms with Gasteiger partial charge in [0.2, 0.25) is 0 Å². The van der Waals surface area contributed by atoms with Gasteiger partial charge >= 0.3 is 5.97 Å². The molecule has 0 saturated heterocycles. The van der Waals surface area contributed by atoms with Gasteiger partial charge in [-0.25, -0.2) is 4.79 Å². The minimum absolute atomic E-state index is 0.154. The molecule has 0 bridgehead atoms. The summed E-state index contributed by atoms with van der Waals surface area (Å²) in [6.45, 7) is 3.09. The maximum absolute atomic E-state index is 12.0. The molecule has 0 aromatic carbocycles. The van der Waals surface area contributed by atoms with Crippen molar-refractivity contribution in [2.45, 2.75) is 26.3 Å². The number of carbonyl (C=O) groups excluding carboxylic acids is 2. The van der Waals surface area contributed by atoms with Crippen LogP contribution in [0.25, 0.3) is 0 Å². The van der Waals surface area contributed by atoms with Crippen LogP contribution in [-0.2, 0) is 4.79 Å². The van der Waals surface area contributed by atoms with Crippen LogP contribution in [0.3, 0.4) is 0 Å². The average molecular weight is 252 g/mol. The third kappa shape index (κ3) is 2.77. The van der Waals surface area contributed by atoms with Crippen LogP contribution in [-0.4, -0.2) is 45.7 Å². The lowest BCUT2D eigenvalue weighted by molar-refractivity contribution is -0.142. The summed E-state index contributed by atoms with van der Waals surface area (Å²) in [5.41, 5.74) is 0.609. The van der Waals surface area contributed by atoms with Crippen LogP contribution in [0, 0.1) is 0 Å². The SMILES string of the molecule is CCC(C(=O)O)N(C)C(=O)c1cc(C(C)=O)c[nH]1. The Bertz CT molecular complexity index is 478. The monoisotopic (exact) mass is 252 g/mol. The second-order valence-electron chi connectivity index (χ2n) is 4.04. The third-order valence-corrected chi connectivity index (χ3v) is 2.78. The van der Waals surface area contributed by atoms with Gasteiger partial charge in [-0.2, -0.15) is 0 Å². The van der Waals surface area contributed by atoms with Crippen LogP contribution in [0.4, 0.5) is 0 Å². The molecule has 98 valence electrons. The third-order valence-electron chi connectivity index (χ3n) is 2.78. The maximum Gasteiger partial charge on any atom is 0.326 e. The zero-order valence-corrected chi connectivity index (χ0v) is 10.6. The molecule has 0 aliphatic rings. The van der Waals surface area contributed by atoms with E-state index in [1.165, 1.54) is 26.2 Å². The fourth-order valence-electron chi connectivity index (χ4n) is 1.67. The van der Waals surface area contributed by atoms with E-state index in [9.17, 15) is 14.4 Å². The van der Waals surface area contributed by atoms with Gasteiger partial charge in [-0.05, 0) is 19.4 Å². The zero-order chi connectivity index (χ0) is 13.9. The summed E-state index contributed by atoms with van der Waals surface area (Å²) < 4.78 is 0. The van der Waals surface area contributed by atoms with Gasteiger partial charge in [-0.3, -0.25) is 9.59 Å². The van der Waals surface area contributed by atoms with E-state index in [0.717, 1.165) is 4.90 Å². The Balaban J connectivity index is 2.91. The summed E-state index contributed by atoms with van der Waals surface area (Å²) >= 11 is 0. The van der Waals surface area contributed by atoms with Crippen molar-refractivity contribution >= 4 is 17.7 Å². The average Bonchev–Trinajstić information content (AvgIpc) is 2.77. The molecule has 6 heteroatoms. The van der Waals surface area contributed by atoms with Crippen molar-refractivity contribution < 1.29 is 19.5 Å². The number of aliphatic carboxylic acids is 1. The van der Waals surface area contributed by atoms with Gasteiger partial charge in [0.05, 0.1) is 0 Å². The molecule has 0 saturated carbocycles. The van der Waals surface area contributed by atoms with Crippen molar-refractivity contribution in [1.29, 1.82) is 0 Å². The maximum atomic E-state index is 12.0. The highest BCUT2D eigenvalue weighted by atomic mass is 16.4. The first-order chi connectivity index (χ1) is 8.38. The number of likely N-dealkylation sites (N-methyl/N-ethyl adjacent to an activating group) is 1. The highest BCUT2D eigenvalue weighted by molar-refractivity contribution is 5.99. The van der Waals surface area contributed by atoms with Crippen molar-refractivity contribution in [3.05, 3.63) is 23.5 Å². The molecule has 1 unspecified atom stereocenters. The normalized spacial score (nSPS) is 11.9. The molecule has 1 aromatic rings. The molecule has 0 aliphatic heterocycles. The van der Waals surface area contributed by atoms with Crippen molar-refractivity contribution in [1.82, 2.24) is 9.88 Å². The van der Waals surface area contributed by atoms with Crippen molar-refractivity contribution in [2.24, 2.45) is 0 Å². The summed E-state index contributed by atoms with van der Waals surface area (Å²) in [6, 6.07) is 0.553. The number of aromatic nitrogens is 1. The van der Waals surface area contributed by atoms with E-state index in [1.54, 1.807) is 6.92 Å². The molecule has 1 atom stereocenters. The van der Waals surface area contributed by atoms with Crippen LogP contribution in [0.2, 0.25) is 0 Å². The van der Waals surface area contributed by atoms with Gasteiger partial charge in [-0.15, -0.1) is 0 Å². The zero-order valence-electron chi connectivity index (χ0n) is 10.6. The fraction of sp³-hybridized carbons (Fsp3) is 0.417. The molecule has 2 N–H and O–H groups in total. The molecule has 1 amide bonds. The lowest BCUT2D eigenvalue weighted by Gasteiger charge is -2.23. The molecule has 6 nitrogen and oxygen atoms in total. The Kier molecular flexibility index (Phi) is 4.25. The second kappa shape index (κ2) is 5.48. The summed E-state index contributed by atoms with van der Waals surface area (Å²) in [5.74, 6) is -1.65. The predicted octanol–water partition coefficient (Wildman–Crippen LogP) is 1.15. The molecule has 1 rings (SSSR count). The largest absolute Gasteiger partial charge is 0.480 e. The van der Waals surface area contributed by atoms with E-state index < -0.39 is 17.9 Å². The number of rotatable bonds is 5. The van der Waals surface area contributed by atoms with Crippen molar-refractivity contribution in [2.75, 3.05) is 7.05 Å². The van der Waals surface area contributed by atoms with Crippen LogP contribution < -0.4 is 0 Å².